The summed E-state index contributed by atoms with van der Waals surface area (Å²) in [5.74, 6) is -0.841. The summed E-state index contributed by atoms with van der Waals surface area (Å²) in [5.41, 5.74) is 0. The number of amides is 2. The second-order valence-electron chi connectivity index (χ2n) is 5.39. The Morgan fingerprint density at radius 1 is 1.37 bits per heavy atom. The van der Waals surface area contributed by atoms with Gasteiger partial charge in [0, 0.05) is 32.8 Å². The van der Waals surface area contributed by atoms with Crippen molar-refractivity contribution in [3.8, 4) is 0 Å². The van der Waals surface area contributed by atoms with Crippen molar-refractivity contribution in [3.63, 3.8) is 0 Å². The van der Waals surface area contributed by atoms with Crippen LogP contribution in [-0.2, 0) is 9.53 Å². The molecule has 0 spiro atoms. The number of carbonyl (C=O) groups excluding carboxylic acids is 1. The van der Waals surface area contributed by atoms with E-state index in [4.69, 9.17) is 9.84 Å². The highest BCUT2D eigenvalue weighted by atomic mass is 16.5. The Bertz CT molecular complexity index is 342. The molecule has 2 aliphatic heterocycles. The van der Waals surface area contributed by atoms with Crippen LogP contribution in [0.4, 0.5) is 4.79 Å². The van der Waals surface area contributed by atoms with Crippen molar-refractivity contribution in [1.29, 1.82) is 0 Å². The summed E-state index contributed by atoms with van der Waals surface area (Å²) in [5, 5.41) is 8.87. The van der Waals surface area contributed by atoms with Crippen LogP contribution in [0.2, 0.25) is 0 Å². The van der Waals surface area contributed by atoms with Gasteiger partial charge in [-0.05, 0) is 25.7 Å². The summed E-state index contributed by atoms with van der Waals surface area (Å²) < 4.78 is 5.52. The molecule has 2 atom stereocenters. The van der Waals surface area contributed by atoms with Gasteiger partial charge in [-0.2, -0.15) is 0 Å². The number of aliphatic carboxylic acids is 1. The SMILES string of the molecule is CN(CC1CCCO1)C(=O)N1CCCC1CC(=O)O. The largest absolute Gasteiger partial charge is 0.481 e. The zero-order chi connectivity index (χ0) is 13.8. The third kappa shape index (κ3) is 3.59. The van der Waals surface area contributed by atoms with Gasteiger partial charge in [-0.1, -0.05) is 0 Å². The predicted molar refractivity (Wildman–Crippen MR) is 69.0 cm³/mol. The third-order valence-corrected chi connectivity index (χ3v) is 3.86. The third-order valence-electron chi connectivity index (χ3n) is 3.86. The van der Waals surface area contributed by atoms with Crippen LogP contribution >= 0.6 is 0 Å². The lowest BCUT2D eigenvalue weighted by Crippen LogP contribution is -2.46. The van der Waals surface area contributed by atoms with E-state index >= 15 is 0 Å². The van der Waals surface area contributed by atoms with Gasteiger partial charge in [-0.3, -0.25) is 4.79 Å². The number of carboxylic acid groups (broad SMARTS) is 1. The molecule has 2 heterocycles. The molecule has 2 unspecified atom stereocenters. The van der Waals surface area contributed by atoms with Gasteiger partial charge in [0.15, 0.2) is 0 Å². The zero-order valence-corrected chi connectivity index (χ0v) is 11.4. The van der Waals surface area contributed by atoms with Crippen LogP contribution < -0.4 is 0 Å². The summed E-state index contributed by atoms with van der Waals surface area (Å²) >= 11 is 0. The van der Waals surface area contributed by atoms with Gasteiger partial charge in [0.05, 0.1) is 12.5 Å². The first-order valence-corrected chi connectivity index (χ1v) is 6.93. The Hall–Kier alpha value is -1.30. The number of urea groups is 1. The lowest BCUT2D eigenvalue weighted by molar-refractivity contribution is -0.138. The summed E-state index contributed by atoms with van der Waals surface area (Å²) in [4.78, 5) is 26.5. The Morgan fingerprint density at radius 3 is 2.79 bits per heavy atom. The van der Waals surface area contributed by atoms with Crippen molar-refractivity contribution in [2.45, 2.75) is 44.2 Å². The van der Waals surface area contributed by atoms with E-state index in [1.54, 1.807) is 16.8 Å². The number of carboxylic acids is 1. The molecule has 0 radical (unpaired) electrons. The molecule has 6 heteroatoms. The van der Waals surface area contributed by atoms with E-state index in [1.807, 2.05) is 0 Å². The first-order valence-electron chi connectivity index (χ1n) is 6.93. The molecule has 0 aromatic carbocycles. The van der Waals surface area contributed by atoms with Gasteiger partial charge in [-0.15, -0.1) is 0 Å². The molecule has 2 amide bonds. The van der Waals surface area contributed by atoms with Crippen molar-refractivity contribution >= 4 is 12.0 Å². The van der Waals surface area contributed by atoms with Crippen molar-refractivity contribution < 1.29 is 19.4 Å². The molecule has 0 aromatic rings. The Balaban J connectivity index is 1.87. The minimum atomic E-state index is -0.841. The second-order valence-corrected chi connectivity index (χ2v) is 5.39. The zero-order valence-electron chi connectivity index (χ0n) is 11.4. The number of hydrogen-bond acceptors (Lipinski definition) is 3. The normalized spacial score (nSPS) is 26.7. The molecular weight excluding hydrogens is 248 g/mol. The van der Waals surface area contributed by atoms with Crippen LogP contribution in [0.1, 0.15) is 32.1 Å². The molecule has 0 bridgehead atoms. The molecule has 2 fully saturated rings. The molecule has 2 rings (SSSR count). The van der Waals surface area contributed by atoms with Crippen LogP contribution in [0.5, 0.6) is 0 Å². The molecule has 0 aromatic heterocycles. The van der Waals surface area contributed by atoms with Crippen molar-refractivity contribution in [3.05, 3.63) is 0 Å². The molecule has 2 aliphatic rings. The van der Waals surface area contributed by atoms with E-state index in [0.717, 1.165) is 32.3 Å². The van der Waals surface area contributed by atoms with Gasteiger partial charge in [0.2, 0.25) is 0 Å². The van der Waals surface area contributed by atoms with Gasteiger partial charge in [0.1, 0.15) is 0 Å². The van der Waals surface area contributed by atoms with E-state index in [0.29, 0.717) is 13.1 Å². The molecule has 2 saturated heterocycles. The Kier molecular flexibility index (Phi) is 4.63. The minimum absolute atomic E-state index is 0.0412. The van der Waals surface area contributed by atoms with Crippen molar-refractivity contribution in [2.75, 3.05) is 26.7 Å². The first-order chi connectivity index (χ1) is 9.08. The maximum Gasteiger partial charge on any atom is 0.320 e. The average molecular weight is 270 g/mol. The van der Waals surface area contributed by atoms with Gasteiger partial charge < -0.3 is 19.6 Å². The number of nitrogens with zero attached hydrogens (tertiary/aromatic N) is 2. The van der Waals surface area contributed by atoms with E-state index in [-0.39, 0.29) is 24.6 Å². The van der Waals surface area contributed by atoms with Crippen LogP contribution in [0.3, 0.4) is 0 Å². The van der Waals surface area contributed by atoms with Crippen molar-refractivity contribution in [2.24, 2.45) is 0 Å². The fourth-order valence-electron chi connectivity index (χ4n) is 2.89. The molecule has 0 aliphatic carbocycles. The van der Waals surface area contributed by atoms with Gasteiger partial charge >= 0.3 is 12.0 Å². The van der Waals surface area contributed by atoms with Crippen molar-refractivity contribution in [1.82, 2.24) is 9.80 Å². The molecule has 0 saturated carbocycles. The molecule has 1 N–H and O–H groups in total. The van der Waals surface area contributed by atoms with E-state index in [2.05, 4.69) is 0 Å². The first kappa shape index (κ1) is 14.1. The lowest BCUT2D eigenvalue weighted by atomic mass is 10.1. The van der Waals surface area contributed by atoms with E-state index in [1.165, 1.54) is 0 Å². The topological polar surface area (TPSA) is 70.1 Å². The maximum atomic E-state index is 12.3. The van der Waals surface area contributed by atoms with Crippen LogP contribution in [0.15, 0.2) is 0 Å². The summed E-state index contributed by atoms with van der Waals surface area (Å²) in [6.45, 7) is 2.03. The molecular formula is C13H22N2O4. The predicted octanol–water partition coefficient (Wildman–Crippen LogP) is 1.16. The molecule has 108 valence electrons. The second kappa shape index (κ2) is 6.23. The van der Waals surface area contributed by atoms with E-state index < -0.39 is 5.97 Å². The molecule has 19 heavy (non-hydrogen) atoms. The number of hydrogen-bond donors (Lipinski definition) is 1. The van der Waals surface area contributed by atoms with E-state index in [9.17, 15) is 9.59 Å². The number of carbonyl (C=O) groups is 2. The van der Waals surface area contributed by atoms with Gasteiger partial charge in [0.25, 0.3) is 0 Å². The highest BCUT2D eigenvalue weighted by Gasteiger charge is 2.32. The Morgan fingerprint density at radius 2 is 2.16 bits per heavy atom. The van der Waals surface area contributed by atoms with Gasteiger partial charge in [-0.25, -0.2) is 4.79 Å². The lowest BCUT2D eigenvalue weighted by Gasteiger charge is -2.30. The summed E-state index contributed by atoms with van der Waals surface area (Å²) in [7, 11) is 1.76. The summed E-state index contributed by atoms with van der Waals surface area (Å²) in [6, 6.07) is -0.226. The smallest absolute Gasteiger partial charge is 0.320 e. The quantitative estimate of drug-likeness (QED) is 0.832. The fraction of sp³-hybridized carbons (Fsp3) is 0.846. The highest BCUT2D eigenvalue weighted by Crippen LogP contribution is 2.22. The summed E-state index contributed by atoms with van der Waals surface area (Å²) in [6.07, 6.45) is 3.89. The van der Waals surface area contributed by atoms with Crippen LogP contribution in [0, 0.1) is 0 Å². The van der Waals surface area contributed by atoms with Crippen LogP contribution in [0.25, 0.3) is 0 Å². The number of likely N-dealkylation sites (N-methyl/N-ethyl adjacent to an activating group) is 1. The van der Waals surface area contributed by atoms with Crippen LogP contribution in [-0.4, -0.2) is 65.8 Å². The molecule has 6 nitrogen and oxygen atoms in total. The minimum Gasteiger partial charge on any atom is -0.481 e. The maximum absolute atomic E-state index is 12.3. The Labute approximate surface area is 113 Å². The number of ether oxygens (including phenoxy) is 1. The number of likely N-dealkylation sites (tertiary alicyclic amines) is 1. The average Bonchev–Trinajstić information content (AvgIpc) is 2.98. The fourth-order valence-corrected chi connectivity index (χ4v) is 2.89. The standard InChI is InChI=1S/C13H22N2O4/c1-14(9-11-5-3-7-19-11)13(18)15-6-2-4-10(15)8-12(16)17/h10-11H,2-9H2,1H3,(H,16,17). The monoisotopic (exact) mass is 270 g/mol. The highest BCUT2D eigenvalue weighted by molar-refractivity contribution is 5.76. The number of rotatable bonds is 4.